The first-order chi connectivity index (χ1) is 9.54. The summed E-state index contributed by atoms with van der Waals surface area (Å²) in [6, 6.07) is 0.350. The van der Waals surface area contributed by atoms with Crippen LogP contribution in [0.2, 0.25) is 0 Å². The highest BCUT2D eigenvalue weighted by Crippen LogP contribution is 2.10. The summed E-state index contributed by atoms with van der Waals surface area (Å²) < 4.78 is 1.92. The number of hydrogen-bond donors (Lipinski definition) is 2. The van der Waals surface area contributed by atoms with Gasteiger partial charge in [0.2, 0.25) is 0 Å². The Labute approximate surface area is 120 Å². The van der Waals surface area contributed by atoms with Gasteiger partial charge < -0.3 is 10.4 Å². The second kappa shape index (κ2) is 8.68. The Morgan fingerprint density at radius 2 is 2.20 bits per heavy atom. The van der Waals surface area contributed by atoms with Gasteiger partial charge in [-0.3, -0.25) is 4.79 Å². The molecular formula is C14H26N4O2. The van der Waals surface area contributed by atoms with Crippen molar-refractivity contribution >= 4 is 5.97 Å². The van der Waals surface area contributed by atoms with Gasteiger partial charge in [-0.2, -0.15) is 5.10 Å². The molecule has 0 aromatic carbocycles. The summed E-state index contributed by atoms with van der Waals surface area (Å²) in [6.45, 7) is 7.59. The Balaban J connectivity index is 2.24. The monoisotopic (exact) mass is 282 g/mol. The Hall–Kier alpha value is -1.43. The van der Waals surface area contributed by atoms with E-state index in [9.17, 15) is 4.79 Å². The molecule has 1 heterocycles. The van der Waals surface area contributed by atoms with E-state index in [1.807, 2.05) is 4.68 Å². The third-order valence-electron chi connectivity index (χ3n) is 3.44. The van der Waals surface area contributed by atoms with Gasteiger partial charge in [-0.05, 0) is 26.2 Å². The van der Waals surface area contributed by atoms with Gasteiger partial charge in [0.25, 0.3) is 0 Å². The van der Waals surface area contributed by atoms with E-state index in [0.29, 0.717) is 12.6 Å². The largest absolute Gasteiger partial charge is 0.481 e. The summed E-state index contributed by atoms with van der Waals surface area (Å²) in [7, 11) is 0. The van der Waals surface area contributed by atoms with Gasteiger partial charge in [-0.25, -0.2) is 9.67 Å². The molecule has 1 aromatic heterocycles. The van der Waals surface area contributed by atoms with E-state index in [2.05, 4.69) is 29.2 Å². The molecule has 20 heavy (non-hydrogen) atoms. The Kier molecular flexibility index (Phi) is 7.22. The number of nitrogens with one attached hydrogen (secondary N) is 1. The van der Waals surface area contributed by atoms with Crippen LogP contribution in [0, 0.1) is 5.92 Å². The smallest absolute Gasteiger partial charge is 0.306 e. The number of carboxylic acid groups (broad SMARTS) is 1. The zero-order valence-electron chi connectivity index (χ0n) is 12.7. The van der Waals surface area contributed by atoms with Crippen molar-refractivity contribution in [3.05, 3.63) is 12.2 Å². The van der Waals surface area contributed by atoms with Crippen LogP contribution in [0.3, 0.4) is 0 Å². The molecule has 0 aliphatic rings. The number of carbonyl (C=O) groups is 1. The fourth-order valence-electron chi connectivity index (χ4n) is 2.04. The minimum atomic E-state index is -0.710. The molecule has 0 fully saturated rings. The standard InChI is InChI=1S/C14H26N4O2/c1-4-8-18-13(16-10-17-18)9-15-12(3)7-5-6-11(2)14(19)20/h10-12,15H,4-9H2,1-3H3,(H,19,20). The third-order valence-corrected chi connectivity index (χ3v) is 3.44. The topological polar surface area (TPSA) is 80.0 Å². The molecule has 1 aromatic rings. The summed E-state index contributed by atoms with van der Waals surface area (Å²) >= 11 is 0. The maximum Gasteiger partial charge on any atom is 0.306 e. The Morgan fingerprint density at radius 1 is 1.45 bits per heavy atom. The molecule has 0 amide bonds. The number of rotatable bonds is 10. The maximum atomic E-state index is 10.7. The summed E-state index contributed by atoms with van der Waals surface area (Å²) in [5, 5.41) is 16.4. The molecule has 0 spiro atoms. The summed E-state index contributed by atoms with van der Waals surface area (Å²) in [6.07, 6.45) is 5.25. The lowest BCUT2D eigenvalue weighted by atomic mass is 10.0. The van der Waals surface area contributed by atoms with E-state index in [4.69, 9.17) is 5.11 Å². The maximum absolute atomic E-state index is 10.7. The van der Waals surface area contributed by atoms with Crippen LogP contribution in [0.15, 0.2) is 6.33 Å². The molecule has 2 atom stereocenters. The Morgan fingerprint density at radius 3 is 2.85 bits per heavy atom. The average molecular weight is 282 g/mol. The van der Waals surface area contributed by atoms with Gasteiger partial charge in [0.1, 0.15) is 12.2 Å². The lowest BCUT2D eigenvalue weighted by Crippen LogP contribution is -2.27. The number of nitrogens with zero attached hydrogens (tertiary/aromatic N) is 3. The number of aliphatic carboxylic acids is 1. The summed E-state index contributed by atoms with van der Waals surface area (Å²) in [5.41, 5.74) is 0. The van der Waals surface area contributed by atoms with Gasteiger partial charge in [-0.1, -0.05) is 20.3 Å². The molecule has 6 heteroatoms. The number of aromatic nitrogens is 3. The number of carboxylic acids is 1. The zero-order valence-corrected chi connectivity index (χ0v) is 12.7. The van der Waals surface area contributed by atoms with Gasteiger partial charge in [0, 0.05) is 12.6 Å². The lowest BCUT2D eigenvalue weighted by Gasteiger charge is -2.14. The molecule has 2 N–H and O–H groups in total. The molecule has 1 rings (SSSR count). The molecule has 0 saturated heterocycles. The van der Waals surface area contributed by atoms with Crippen molar-refractivity contribution in [3.8, 4) is 0 Å². The molecule has 6 nitrogen and oxygen atoms in total. The van der Waals surface area contributed by atoms with E-state index < -0.39 is 5.97 Å². The van der Waals surface area contributed by atoms with Crippen LogP contribution in [-0.4, -0.2) is 31.9 Å². The normalized spacial score (nSPS) is 14.2. The fourth-order valence-corrected chi connectivity index (χ4v) is 2.04. The molecule has 0 radical (unpaired) electrons. The van der Waals surface area contributed by atoms with Crippen molar-refractivity contribution < 1.29 is 9.90 Å². The highest BCUT2D eigenvalue weighted by atomic mass is 16.4. The van der Waals surface area contributed by atoms with Crippen LogP contribution in [0.4, 0.5) is 0 Å². The molecule has 114 valence electrons. The van der Waals surface area contributed by atoms with E-state index in [1.54, 1.807) is 13.3 Å². The van der Waals surface area contributed by atoms with Gasteiger partial charge in [0.15, 0.2) is 0 Å². The van der Waals surface area contributed by atoms with Crippen LogP contribution < -0.4 is 5.32 Å². The zero-order chi connectivity index (χ0) is 15.0. The predicted octanol–water partition coefficient (Wildman–Crippen LogP) is 2.06. The van der Waals surface area contributed by atoms with Crippen molar-refractivity contribution in [2.75, 3.05) is 0 Å². The molecule has 0 saturated carbocycles. The van der Waals surface area contributed by atoms with Crippen molar-refractivity contribution in [1.29, 1.82) is 0 Å². The first kappa shape index (κ1) is 16.6. The highest BCUT2D eigenvalue weighted by molar-refractivity contribution is 5.69. The van der Waals surface area contributed by atoms with Gasteiger partial charge >= 0.3 is 5.97 Å². The Bertz CT molecular complexity index is 406. The SMILES string of the molecule is CCCn1ncnc1CNC(C)CCCC(C)C(=O)O. The van der Waals surface area contributed by atoms with E-state index >= 15 is 0 Å². The summed E-state index contributed by atoms with van der Waals surface area (Å²) in [4.78, 5) is 15.0. The first-order valence-electron chi connectivity index (χ1n) is 7.37. The highest BCUT2D eigenvalue weighted by Gasteiger charge is 2.11. The molecule has 0 aliphatic heterocycles. The number of aryl methyl sites for hydroxylation is 1. The number of hydrogen-bond acceptors (Lipinski definition) is 4. The molecule has 2 unspecified atom stereocenters. The second-order valence-electron chi connectivity index (χ2n) is 5.35. The van der Waals surface area contributed by atoms with Gasteiger partial charge in [-0.15, -0.1) is 0 Å². The van der Waals surface area contributed by atoms with Crippen molar-refractivity contribution in [2.45, 2.75) is 65.6 Å². The lowest BCUT2D eigenvalue weighted by molar-refractivity contribution is -0.141. The quantitative estimate of drug-likeness (QED) is 0.686. The van der Waals surface area contributed by atoms with Crippen molar-refractivity contribution in [2.24, 2.45) is 5.92 Å². The second-order valence-corrected chi connectivity index (χ2v) is 5.35. The van der Waals surface area contributed by atoms with E-state index in [0.717, 1.165) is 38.1 Å². The average Bonchev–Trinajstić information content (AvgIpc) is 2.84. The fraction of sp³-hybridized carbons (Fsp3) is 0.786. The summed E-state index contributed by atoms with van der Waals surface area (Å²) in [5.74, 6) is -0.00858. The van der Waals surface area contributed by atoms with Crippen LogP contribution in [-0.2, 0) is 17.9 Å². The van der Waals surface area contributed by atoms with Crippen molar-refractivity contribution in [1.82, 2.24) is 20.1 Å². The van der Waals surface area contributed by atoms with Crippen LogP contribution in [0.5, 0.6) is 0 Å². The van der Waals surface area contributed by atoms with Crippen molar-refractivity contribution in [3.63, 3.8) is 0 Å². The molecule has 0 bridgehead atoms. The first-order valence-corrected chi connectivity index (χ1v) is 7.37. The minimum absolute atomic E-state index is 0.255. The van der Waals surface area contributed by atoms with Crippen LogP contribution >= 0.6 is 0 Å². The van der Waals surface area contributed by atoms with Crippen LogP contribution in [0.1, 0.15) is 52.3 Å². The van der Waals surface area contributed by atoms with Gasteiger partial charge in [0.05, 0.1) is 12.5 Å². The molecule has 0 aliphatic carbocycles. The van der Waals surface area contributed by atoms with E-state index in [-0.39, 0.29) is 5.92 Å². The van der Waals surface area contributed by atoms with Crippen LogP contribution in [0.25, 0.3) is 0 Å². The molecular weight excluding hydrogens is 256 g/mol. The third kappa shape index (κ3) is 5.69. The van der Waals surface area contributed by atoms with E-state index in [1.165, 1.54) is 0 Å². The minimum Gasteiger partial charge on any atom is -0.481 e. The predicted molar refractivity (Wildman–Crippen MR) is 77.3 cm³/mol.